The fourth-order valence-electron chi connectivity index (χ4n) is 1.65. The van der Waals surface area contributed by atoms with Crippen LogP contribution in [0.15, 0.2) is 62.9 Å². The quantitative estimate of drug-likeness (QED) is 0.501. The van der Waals surface area contributed by atoms with Gasteiger partial charge in [-0.05, 0) is 18.2 Å². The van der Waals surface area contributed by atoms with Crippen LogP contribution in [0.2, 0.25) is 0 Å². The zero-order valence-corrected chi connectivity index (χ0v) is 12.9. The maximum atomic E-state index is 9.37. The van der Waals surface area contributed by atoms with E-state index in [2.05, 4.69) is 22.0 Å². The first-order valence-corrected chi connectivity index (χ1v) is 7.41. The van der Waals surface area contributed by atoms with E-state index < -0.39 is 0 Å². The highest BCUT2D eigenvalue weighted by molar-refractivity contribution is 9.10. The maximum absolute atomic E-state index is 9.37. The molecule has 2 aromatic rings. The van der Waals surface area contributed by atoms with Crippen molar-refractivity contribution in [2.24, 2.45) is 5.73 Å². The van der Waals surface area contributed by atoms with Gasteiger partial charge in [-0.15, -0.1) is 0 Å². The van der Waals surface area contributed by atoms with Gasteiger partial charge in [0.05, 0.1) is 10.6 Å². The first-order valence-electron chi connectivity index (χ1n) is 5.80. The van der Waals surface area contributed by atoms with Crippen molar-refractivity contribution in [1.29, 1.82) is 5.26 Å². The smallest absolute Gasteiger partial charge is 0.103 e. The number of para-hydroxylation sites is 1. The van der Waals surface area contributed by atoms with Crippen LogP contribution < -0.4 is 11.5 Å². The zero-order valence-electron chi connectivity index (χ0n) is 10.5. The van der Waals surface area contributed by atoms with Gasteiger partial charge in [-0.25, -0.2) is 0 Å². The Balaban J connectivity index is 2.42. The van der Waals surface area contributed by atoms with Gasteiger partial charge in [0, 0.05) is 20.6 Å². The second-order valence-electron chi connectivity index (χ2n) is 3.97. The Kier molecular flexibility index (Phi) is 4.72. The first kappa shape index (κ1) is 14.5. The molecule has 4 N–H and O–H groups in total. The van der Waals surface area contributed by atoms with Crippen LogP contribution in [0.5, 0.6) is 0 Å². The molecule has 0 saturated carbocycles. The van der Waals surface area contributed by atoms with Crippen LogP contribution in [-0.2, 0) is 0 Å². The molecule has 0 fully saturated rings. The molecule has 2 aromatic carbocycles. The molecule has 0 saturated heterocycles. The Bertz CT molecular complexity index is 704. The molecule has 0 amide bonds. The number of benzene rings is 2. The minimum absolute atomic E-state index is 0.428. The van der Waals surface area contributed by atoms with Crippen LogP contribution in [0, 0.1) is 11.3 Å². The van der Waals surface area contributed by atoms with Gasteiger partial charge < -0.3 is 11.5 Å². The third-order valence-electron chi connectivity index (χ3n) is 2.64. The Hall–Kier alpha value is -1.90. The summed E-state index contributed by atoms with van der Waals surface area (Å²) in [5, 5.41) is 9.80. The summed E-state index contributed by atoms with van der Waals surface area (Å²) in [5.74, 6) is 0. The number of allylic oxidation sites excluding steroid dienone is 1. The van der Waals surface area contributed by atoms with E-state index in [-0.39, 0.29) is 0 Å². The van der Waals surface area contributed by atoms with Crippen LogP contribution in [0.25, 0.3) is 5.57 Å². The molecule has 100 valence electrons. The number of rotatable bonds is 3. The number of nitrogens with two attached hydrogens (primary N) is 2. The van der Waals surface area contributed by atoms with E-state index in [1.807, 2.05) is 42.5 Å². The van der Waals surface area contributed by atoms with Gasteiger partial charge in [0.2, 0.25) is 0 Å². The Morgan fingerprint density at radius 1 is 1.10 bits per heavy atom. The third-order valence-corrected chi connectivity index (χ3v) is 4.35. The van der Waals surface area contributed by atoms with Gasteiger partial charge in [-0.2, -0.15) is 5.26 Å². The van der Waals surface area contributed by atoms with Crippen molar-refractivity contribution in [3.63, 3.8) is 0 Å². The monoisotopic (exact) mass is 345 g/mol. The Morgan fingerprint density at radius 3 is 2.40 bits per heavy atom. The lowest BCUT2D eigenvalue weighted by atomic mass is 10.1. The molecule has 0 aliphatic rings. The molecule has 0 heterocycles. The van der Waals surface area contributed by atoms with Gasteiger partial charge in [0.1, 0.15) is 6.07 Å². The average molecular weight is 346 g/mol. The summed E-state index contributed by atoms with van der Waals surface area (Å²) in [7, 11) is 0. The lowest BCUT2D eigenvalue weighted by molar-refractivity contribution is 1.43. The number of halogens is 1. The Labute approximate surface area is 130 Å². The fourth-order valence-corrected chi connectivity index (χ4v) is 2.97. The molecule has 0 aliphatic heterocycles. The molecule has 0 spiro atoms. The zero-order chi connectivity index (χ0) is 14.5. The van der Waals surface area contributed by atoms with Crippen molar-refractivity contribution >= 4 is 39.0 Å². The standard InChI is InChI=1S/C15H12BrN3S/c16-12-6-2-1-5-10(12)11(9-17)15(19)20-14-8-4-3-7-13(14)18/h1-8H,18-19H2/b15-11-. The van der Waals surface area contributed by atoms with Gasteiger partial charge in [-0.1, -0.05) is 58.0 Å². The summed E-state index contributed by atoms with van der Waals surface area (Å²) in [6, 6.07) is 17.1. The number of anilines is 1. The van der Waals surface area contributed by atoms with Crippen molar-refractivity contribution in [2.75, 3.05) is 5.73 Å². The molecule has 0 aromatic heterocycles. The predicted molar refractivity (Wildman–Crippen MR) is 87.6 cm³/mol. The molecular formula is C15H12BrN3S. The number of nitrogens with zero attached hydrogens (tertiary/aromatic N) is 1. The highest BCUT2D eigenvalue weighted by atomic mass is 79.9. The summed E-state index contributed by atoms with van der Waals surface area (Å²) < 4.78 is 0.834. The van der Waals surface area contributed by atoms with Crippen LogP contribution in [0.1, 0.15) is 5.56 Å². The predicted octanol–water partition coefficient (Wildman–Crippen LogP) is 3.97. The van der Waals surface area contributed by atoms with E-state index in [0.29, 0.717) is 16.3 Å². The van der Waals surface area contributed by atoms with E-state index in [9.17, 15) is 5.26 Å². The number of hydrogen-bond donors (Lipinski definition) is 2. The van der Waals surface area contributed by atoms with E-state index in [1.54, 1.807) is 6.07 Å². The van der Waals surface area contributed by atoms with Crippen molar-refractivity contribution in [1.82, 2.24) is 0 Å². The van der Waals surface area contributed by atoms with Crippen molar-refractivity contribution in [2.45, 2.75) is 4.90 Å². The summed E-state index contributed by atoms with van der Waals surface area (Å²) in [6.45, 7) is 0. The number of nitriles is 1. The number of nitrogen functional groups attached to an aromatic ring is 1. The van der Waals surface area contributed by atoms with E-state index in [1.165, 1.54) is 11.8 Å². The maximum Gasteiger partial charge on any atom is 0.103 e. The van der Waals surface area contributed by atoms with Crippen molar-refractivity contribution < 1.29 is 0 Å². The van der Waals surface area contributed by atoms with Crippen LogP contribution in [0.3, 0.4) is 0 Å². The lowest BCUT2D eigenvalue weighted by Crippen LogP contribution is -1.99. The highest BCUT2D eigenvalue weighted by Gasteiger charge is 2.11. The largest absolute Gasteiger partial charge is 0.398 e. The molecule has 0 atom stereocenters. The average Bonchev–Trinajstić information content (AvgIpc) is 2.44. The fraction of sp³-hybridized carbons (Fsp3) is 0. The molecule has 20 heavy (non-hydrogen) atoms. The Morgan fingerprint density at radius 2 is 1.75 bits per heavy atom. The van der Waals surface area contributed by atoms with E-state index >= 15 is 0 Å². The normalized spacial score (nSPS) is 11.6. The molecule has 0 radical (unpaired) electrons. The van der Waals surface area contributed by atoms with E-state index in [4.69, 9.17) is 11.5 Å². The summed E-state index contributed by atoms with van der Waals surface area (Å²) in [6.07, 6.45) is 0. The number of hydrogen-bond acceptors (Lipinski definition) is 4. The molecule has 5 heteroatoms. The van der Waals surface area contributed by atoms with Gasteiger partial charge in [-0.3, -0.25) is 0 Å². The minimum atomic E-state index is 0.428. The van der Waals surface area contributed by atoms with Gasteiger partial charge in [0.25, 0.3) is 0 Å². The molecule has 2 rings (SSSR count). The summed E-state index contributed by atoms with van der Waals surface area (Å²) in [4.78, 5) is 0.838. The summed E-state index contributed by atoms with van der Waals surface area (Å²) >= 11 is 4.73. The highest BCUT2D eigenvalue weighted by Crippen LogP contribution is 2.34. The number of thioether (sulfide) groups is 1. The van der Waals surface area contributed by atoms with Gasteiger partial charge in [0.15, 0.2) is 0 Å². The topological polar surface area (TPSA) is 75.8 Å². The lowest BCUT2D eigenvalue weighted by Gasteiger charge is -2.09. The molecule has 0 aliphatic carbocycles. The van der Waals surface area contributed by atoms with Crippen LogP contribution in [0.4, 0.5) is 5.69 Å². The molecule has 0 bridgehead atoms. The molecular weight excluding hydrogens is 334 g/mol. The van der Waals surface area contributed by atoms with Gasteiger partial charge >= 0.3 is 0 Å². The first-order chi connectivity index (χ1) is 9.63. The van der Waals surface area contributed by atoms with E-state index in [0.717, 1.165) is 14.9 Å². The second-order valence-corrected chi connectivity index (χ2v) is 5.91. The molecule has 3 nitrogen and oxygen atoms in total. The summed E-state index contributed by atoms with van der Waals surface area (Å²) in [5.41, 5.74) is 13.8. The van der Waals surface area contributed by atoms with Crippen molar-refractivity contribution in [3.8, 4) is 6.07 Å². The molecule has 0 unspecified atom stereocenters. The SMILES string of the molecule is N#C/C(=C(\N)Sc1ccccc1N)c1ccccc1Br. The second kappa shape index (κ2) is 6.51. The van der Waals surface area contributed by atoms with Crippen LogP contribution >= 0.6 is 27.7 Å². The van der Waals surface area contributed by atoms with Crippen LogP contribution in [-0.4, -0.2) is 0 Å². The van der Waals surface area contributed by atoms with Crippen molar-refractivity contribution in [3.05, 3.63) is 63.6 Å². The third kappa shape index (κ3) is 3.16. The minimum Gasteiger partial charge on any atom is -0.398 e.